The molecule has 2 atom stereocenters. The minimum atomic E-state index is -0.643. The van der Waals surface area contributed by atoms with E-state index < -0.39 is 23.0 Å². The Balaban J connectivity index is 2.35. The number of hydrogen-bond acceptors (Lipinski definition) is 5. The summed E-state index contributed by atoms with van der Waals surface area (Å²) in [6.45, 7) is 1.74. The summed E-state index contributed by atoms with van der Waals surface area (Å²) in [5, 5.41) is 11.0. The zero-order chi connectivity index (χ0) is 16.4. The third kappa shape index (κ3) is 2.96. The number of halogens is 1. The quantitative estimate of drug-likeness (QED) is 0.461. The number of amides is 1. The van der Waals surface area contributed by atoms with E-state index in [2.05, 4.69) is 15.9 Å². The Kier molecular flexibility index (Phi) is 4.80. The van der Waals surface area contributed by atoms with Crippen LogP contribution in [0.25, 0.3) is 0 Å². The van der Waals surface area contributed by atoms with Gasteiger partial charge in [-0.25, -0.2) is 4.79 Å². The third-order valence-corrected chi connectivity index (χ3v) is 4.47. The number of ether oxygens (including phenoxy) is 1. The van der Waals surface area contributed by atoms with Gasteiger partial charge in [0.25, 0.3) is 5.69 Å². The molecule has 2 rings (SSSR count). The van der Waals surface area contributed by atoms with E-state index in [1.165, 1.54) is 18.1 Å². The molecule has 0 saturated carbocycles. The van der Waals surface area contributed by atoms with E-state index in [9.17, 15) is 19.7 Å². The number of nitro benzene ring substituents is 1. The second kappa shape index (κ2) is 6.43. The smallest absolute Gasteiger partial charge is 0.328 e. The number of esters is 1. The highest BCUT2D eigenvalue weighted by Gasteiger charge is 2.40. The molecule has 1 heterocycles. The van der Waals surface area contributed by atoms with Gasteiger partial charge >= 0.3 is 5.97 Å². The monoisotopic (exact) mass is 370 g/mol. The Morgan fingerprint density at radius 1 is 1.55 bits per heavy atom. The van der Waals surface area contributed by atoms with Gasteiger partial charge < -0.3 is 9.64 Å². The summed E-state index contributed by atoms with van der Waals surface area (Å²) in [7, 11) is 1.28. The molecule has 0 bridgehead atoms. The number of hydrogen-bond donors (Lipinski definition) is 0. The molecule has 0 N–H and O–H groups in total. The fraction of sp³-hybridized carbons (Fsp3) is 0.429. The first-order chi connectivity index (χ1) is 10.4. The molecule has 1 aromatic rings. The van der Waals surface area contributed by atoms with Crippen LogP contribution in [0.3, 0.4) is 0 Å². The molecule has 0 aliphatic carbocycles. The minimum absolute atomic E-state index is 0.0781. The maximum atomic E-state index is 12.1. The molecular weight excluding hydrogens is 356 g/mol. The fourth-order valence-electron chi connectivity index (χ4n) is 2.65. The molecule has 1 aromatic carbocycles. The average molecular weight is 371 g/mol. The molecule has 0 radical (unpaired) electrons. The van der Waals surface area contributed by atoms with Crippen molar-refractivity contribution >= 4 is 33.5 Å². The maximum absolute atomic E-state index is 12.1. The van der Waals surface area contributed by atoms with E-state index in [1.807, 2.05) is 0 Å². The topological polar surface area (TPSA) is 89.8 Å². The normalized spacial score (nSPS) is 19.1. The minimum Gasteiger partial charge on any atom is -0.467 e. The van der Waals surface area contributed by atoms with Crippen molar-refractivity contribution in [2.24, 2.45) is 0 Å². The van der Waals surface area contributed by atoms with Crippen molar-refractivity contribution in [2.75, 3.05) is 7.11 Å². The SMILES string of the molecule is COC(=O)C1CCC(=O)N1C(C)c1ccc(Br)c([N+](=O)[O-])c1. The maximum Gasteiger partial charge on any atom is 0.328 e. The lowest BCUT2D eigenvalue weighted by atomic mass is 10.1. The van der Waals surface area contributed by atoms with E-state index in [-0.39, 0.29) is 18.0 Å². The number of likely N-dealkylation sites (tertiary alicyclic amines) is 1. The highest BCUT2D eigenvalue weighted by molar-refractivity contribution is 9.10. The van der Waals surface area contributed by atoms with Gasteiger partial charge in [0.15, 0.2) is 0 Å². The Morgan fingerprint density at radius 2 is 2.23 bits per heavy atom. The Morgan fingerprint density at radius 3 is 2.82 bits per heavy atom. The van der Waals surface area contributed by atoms with E-state index in [0.717, 1.165) is 0 Å². The summed E-state index contributed by atoms with van der Waals surface area (Å²) in [6, 6.07) is 3.58. The van der Waals surface area contributed by atoms with Gasteiger partial charge in [-0.05, 0) is 40.9 Å². The number of nitrogens with zero attached hydrogens (tertiary/aromatic N) is 2. The van der Waals surface area contributed by atoms with Crippen molar-refractivity contribution in [1.29, 1.82) is 0 Å². The van der Waals surface area contributed by atoms with Gasteiger partial charge in [-0.3, -0.25) is 14.9 Å². The summed E-state index contributed by atoms with van der Waals surface area (Å²) < 4.78 is 5.10. The molecule has 118 valence electrons. The zero-order valence-electron chi connectivity index (χ0n) is 12.1. The third-order valence-electron chi connectivity index (χ3n) is 3.80. The molecule has 1 aliphatic rings. The highest BCUT2D eigenvalue weighted by Crippen LogP contribution is 2.34. The van der Waals surface area contributed by atoms with Crippen LogP contribution >= 0.6 is 15.9 Å². The lowest BCUT2D eigenvalue weighted by Crippen LogP contribution is -2.40. The largest absolute Gasteiger partial charge is 0.467 e. The molecule has 1 fully saturated rings. The number of rotatable bonds is 4. The van der Waals surface area contributed by atoms with Crippen molar-refractivity contribution in [3.63, 3.8) is 0 Å². The first-order valence-electron chi connectivity index (χ1n) is 6.69. The second-order valence-electron chi connectivity index (χ2n) is 5.02. The summed E-state index contributed by atoms with van der Waals surface area (Å²) >= 11 is 3.13. The summed E-state index contributed by atoms with van der Waals surface area (Å²) in [6.07, 6.45) is 0.664. The van der Waals surface area contributed by atoms with E-state index in [1.54, 1.807) is 19.1 Å². The number of carbonyl (C=O) groups is 2. The Hall–Kier alpha value is -1.96. The van der Waals surface area contributed by atoms with Crippen LogP contribution < -0.4 is 0 Å². The van der Waals surface area contributed by atoms with Gasteiger partial charge in [-0.15, -0.1) is 0 Å². The van der Waals surface area contributed by atoms with Crippen LogP contribution in [0.5, 0.6) is 0 Å². The summed E-state index contributed by atoms with van der Waals surface area (Å²) in [5.41, 5.74) is 0.518. The lowest BCUT2D eigenvalue weighted by molar-refractivity contribution is -0.385. The predicted molar refractivity (Wildman–Crippen MR) is 81.1 cm³/mol. The van der Waals surface area contributed by atoms with Crippen LogP contribution in [-0.4, -0.2) is 34.9 Å². The summed E-state index contributed by atoms with van der Waals surface area (Å²) in [5.74, 6) is -0.627. The van der Waals surface area contributed by atoms with Crippen molar-refractivity contribution in [2.45, 2.75) is 31.8 Å². The van der Waals surface area contributed by atoms with Gasteiger partial charge in [0.2, 0.25) is 5.91 Å². The van der Waals surface area contributed by atoms with Crippen molar-refractivity contribution in [3.05, 3.63) is 38.3 Å². The van der Waals surface area contributed by atoms with E-state index >= 15 is 0 Å². The molecule has 0 aromatic heterocycles. The van der Waals surface area contributed by atoms with Crippen LogP contribution in [-0.2, 0) is 14.3 Å². The summed E-state index contributed by atoms with van der Waals surface area (Å²) in [4.78, 5) is 35.9. The van der Waals surface area contributed by atoms with Crippen molar-refractivity contribution < 1.29 is 19.2 Å². The van der Waals surface area contributed by atoms with Crippen LogP contribution in [0.15, 0.2) is 22.7 Å². The van der Waals surface area contributed by atoms with Crippen molar-refractivity contribution in [1.82, 2.24) is 4.90 Å². The molecule has 7 nitrogen and oxygen atoms in total. The number of methoxy groups -OCH3 is 1. The van der Waals surface area contributed by atoms with Crippen LogP contribution in [0, 0.1) is 10.1 Å². The molecule has 22 heavy (non-hydrogen) atoms. The van der Waals surface area contributed by atoms with E-state index in [0.29, 0.717) is 16.5 Å². The zero-order valence-corrected chi connectivity index (χ0v) is 13.7. The first kappa shape index (κ1) is 16.4. The molecule has 1 amide bonds. The fourth-order valence-corrected chi connectivity index (χ4v) is 3.04. The van der Waals surface area contributed by atoms with Crippen LogP contribution in [0.1, 0.15) is 31.4 Å². The number of nitro groups is 1. The second-order valence-corrected chi connectivity index (χ2v) is 5.88. The lowest BCUT2D eigenvalue weighted by Gasteiger charge is -2.29. The molecular formula is C14H15BrN2O5. The Bertz CT molecular complexity index is 634. The van der Waals surface area contributed by atoms with Crippen LogP contribution in [0.4, 0.5) is 5.69 Å². The Labute approximate surface area is 135 Å². The van der Waals surface area contributed by atoms with Gasteiger partial charge in [0.05, 0.1) is 22.5 Å². The molecule has 1 aliphatic heterocycles. The van der Waals surface area contributed by atoms with Gasteiger partial charge in [0.1, 0.15) is 6.04 Å². The first-order valence-corrected chi connectivity index (χ1v) is 7.49. The molecule has 8 heteroatoms. The van der Waals surface area contributed by atoms with Gasteiger partial charge in [0, 0.05) is 12.5 Å². The standard InChI is InChI=1S/C14H15BrN2O5/c1-8(9-3-4-10(15)12(7-9)17(20)21)16-11(14(19)22-2)5-6-13(16)18/h3-4,7-8,11H,5-6H2,1-2H3. The molecule has 0 spiro atoms. The molecule has 2 unspecified atom stereocenters. The predicted octanol–water partition coefficient (Wildman–Crippen LogP) is 2.58. The highest BCUT2D eigenvalue weighted by atomic mass is 79.9. The van der Waals surface area contributed by atoms with Gasteiger partial charge in [-0.2, -0.15) is 0 Å². The number of benzene rings is 1. The van der Waals surface area contributed by atoms with E-state index in [4.69, 9.17) is 4.74 Å². The average Bonchev–Trinajstić information content (AvgIpc) is 2.87. The van der Waals surface area contributed by atoms with Crippen molar-refractivity contribution in [3.8, 4) is 0 Å². The van der Waals surface area contributed by atoms with Crippen LogP contribution in [0.2, 0.25) is 0 Å². The molecule has 1 saturated heterocycles. The van der Waals surface area contributed by atoms with Gasteiger partial charge in [-0.1, -0.05) is 6.07 Å². The number of carbonyl (C=O) groups excluding carboxylic acids is 2.